The lowest BCUT2D eigenvalue weighted by molar-refractivity contribution is 0.0963. The number of anilines is 1. The molecule has 2 aromatic rings. The molecule has 3 N–H and O–H groups in total. The molecule has 20 heavy (non-hydrogen) atoms. The van der Waals surface area contributed by atoms with Crippen LogP contribution in [0.25, 0.3) is 0 Å². The summed E-state index contributed by atoms with van der Waals surface area (Å²) < 4.78 is 0. The van der Waals surface area contributed by atoms with E-state index in [1.807, 2.05) is 37.3 Å². The smallest absolute Gasteiger partial charge is 0.251 e. The van der Waals surface area contributed by atoms with Gasteiger partial charge >= 0.3 is 0 Å². The topological polar surface area (TPSA) is 61.4 Å². The number of hydrogen-bond acceptors (Lipinski definition) is 3. The molecule has 2 rings (SSSR count). The molecule has 1 amide bonds. The Labute approximate surface area is 118 Å². The number of hydrogen-bond donors (Lipinski definition) is 3. The Morgan fingerprint density at radius 3 is 2.70 bits per heavy atom. The van der Waals surface area contributed by atoms with E-state index >= 15 is 0 Å². The number of amides is 1. The van der Waals surface area contributed by atoms with Gasteiger partial charge in [0.25, 0.3) is 5.91 Å². The molecule has 2 aromatic carbocycles. The van der Waals surface area contributed by atoms with Crippen LogP contribution in [0.4, 0.5) is 5.69 Å². The molecule has 104 valence electrons. The predicted octanol–water partition coefficient (Wildman–Crippen LogP) is 2.67. The monoisotopic (exact) mass is 270 g/mol. The summed E-state index contributed by atoms with van der Waals surface area (Å²) in [5.74, 6) is 0.189. The summed E-state index contributed by atoms with van der Waals surface area (Å²) in [4.78, 5) is 11.6. The maximum Gasteiger partial charge on any atom is 0.251 e. The first-order valence-corrected chi connectivity index (χ1v) is 6.45. The van der Waals surface area contributed by atoms with Gasteiger partial charge in [0.2, 0.25) is 0 Å². The fourth-order valence-electron chi connectivity index (χ4n) is 1.97. The number of benzene rings is 2. The van der Waals surface area contributed by atoms with Crippen molar-refractivity contribution in [3.63, 3.8) is 0 Å². The van der Waals surface area contributed by atoms with Gasteiger partial charge in [0.1, 0.15) is 5.75 Å². The number of aryl methyl sites for hydroxylation is 1. The number of phenolic OH excluding ortho intramolecular Hbond substituents is 1. The average molecular weight is 270 g/mol. The third kappa shape index (κ3) is 3.09. The molecule has 0 radical (unpaired) electrons. The summed E-state index contributed by atoms with van der Waals surface area (Å²) >= 11 is 0. The van der Waals surface area contributed by atoms with Gasteiger partial charge in [-0.3, -0.25) is 4.79 Å². The third-order valence-electron chi connectivity index (χ3n) is 3.16. The Bertz CT molecular complexity index is 624. The molecule has 0 bridgehead atoms. The summed E-state index contributed by atoms with van der Waals surface area (Å²) in [6.07, 6.45) is 0. The van der Waals surface area contributed by atoms with E-state index in [1.165, 1.54) is 0 Å². The Morgan fingerprint density at radius 1 is 1.20 bits per heavy atom. The second-order valence-corrected chi connectivity index (χ2v) is 4.60. The van der Waals surface area contributed by atoms with Crippen molar-refractivity contribution in [1.82, 2.24) is 5.32 Å². The number of carbonyl (C=O) groups is 1. The van der Waals surface area contributed by atoms with Gasteiger partial charge in [0.15, 0.2) is 0 Å². The van der Waals surface area contributed by atoms with Crippen molar-refractivity contribution < 1.29 is 9.90 Å². The summed E-state index contributed by atoms with van der Waals surface area (Å²) in [6, 6.07) is 12.9. The molecule has 0 heterocycles. The molecule has 0 aromatic heterocycles. The van der Waals surface area contributed by atoms with Gasteiger partial charge in [-0.1, -0.05) is 24.3 Å². The van der Waals surface area contributed by atoms with Crippen LogP contribution in [-0.2, 0) is 6.54 Å². The van der Waals surface area contributed by atoms with E-state index in [2.05, 4.69) is 10.6 Å². The van der Waals surface area contributed by atoms with Crippen molar-refractivity contribution in [1.29, 1.82) is 0 Å². The molecule has 0 saturated carbocycles. The highest BCUT2D eigenvalue weighted by Gasteiger charge is 2.05. The van der Waals surface area contributed by atoms with E-state index in [9.17, 15) is 9.90 Å². The zero-order valence-corrected chi connectivity index (χ0v) is 11.6. The number of carbonyl (C=O) groups excluding carboxylic acids is 1. The molecule has 0 unspecified atom stereocenters. The Hall–Kier alpha value is -2.49. The number of rotatable bonds is 4. The predicted molar refractivity (Wildman–Crippen MR) is 80.0 cm³/mol. The zero-order valence-electron chi connectivity index (χ0n) is 11.6. The average Bonchev–Trinajstić information content (AvgIpc) is 2.48. The van der Waals surface area contributed by atoms with E-state index in [1.54, 1.807) is 19.2 Å². The quantitative estimate of drug-likeness (QED) is 0.800. The van der Waals surface area contributed by atoms with Crippen LogP contribution in [0.2, 0.25) is 0 Å². The van der Waals surface area contributed by atoms with E-state index < -0.39 is 0 Å². The SMILES string of the molecule is CNC(=O)c1cccc(NCc2cccc(C)c2O)c1. The highest BCUT2D eigenvalue weighted by molar-refractivity contribution is 5.94. The maximum atomic E-state index is 11.6. The fourth-order valence-corrected chi connectivity index (χ4v) is 1.97. The second kappa shape index (κ2) is 6.10. The van der Waals surface area contributed by atoms with Gasteiger partial charge in [-0.2, -0.15) is 0 Å². The van der Waals surface area contributed by atoms with E-state index in [4.69, 9.17) is 0 Å². The summed E-state index contributed by atoms with van der Waals surface area (Å²) in [7, 11) is 1.60. The Balaban J connectivity index is 2.11. The molecule has 0 aliphatic rings. The molecule has 4 heteroatoms. The van der Waals surface area contributed by atoms with Crippen molar-refractivity contribution in [2.24, 2.45) is 0 Å². The summed E-state index contributed by atoms with van der Waals surface area (Å²) in [6.45, 7) is 2.37. The number of phenols is 1. The molecule has 0 aliphatic heterocycles. The molecule has 4 nitrogen and oxygen atoms in total. The van der Waals surface area contributed by atoms with Gasteiger partial charge in [0.05, 0.1) is 0 Å². The Kier molecular flexibility index (Phi) is 4.25. The molecular weight excluding hydrogens is 252 g/mol. The first-order valence-electron chi connectivity index (χ1n) is 6.45. The second-order valence-electron chi connectivity index (χ2n) is 4.60. The van der Waals surface area contributed by atoms with Gasteiger partial charge in [-0.15, -0.1) is 0 Å². The van der Waals surface area contributed by atoms with Crippen LogP contribution in [0.15, 0.2) is 42.5 Å². The van der Waals surface area contributed by atoms with Crippen molar-refractivity contribution in [2.75, 3.05) is 12.4 Å². The first kappa shape index (κ1) is 13.9. The lowest BCUT2D eigenvalue weighted by atomic mass is 10.1. The van der Waals surface area contributed by atoms with E-state index in [-0.39, 0.29) is 5.91 Å². The first-order chi connectivity index (χ1) is 9.61. The van der Waals surface area contributed by atoms with Crippen LogP contribution in [0, 0.1) is 6.92 Å². The Morgan fingerprint density at radius 2 is 1.95 bits per heavy atom. The zero-order chi connectivity index (χ0) is 14.5. The highest BCUT2D eigenvalue weighted by atomic mass is 16.3. The maximum absolute atomic E-state index is 11.6. The lowest BCUT2D eigenvalue weighted by Crippen LogP contribution is -2.17. The van der Waals surface area contributed by atoms with E-state index in [0.717, 1.165) is 16.8 Å². The van der Waals surface area contributed by atoms with Crippen molar-refractivity contribution >= 4 is 11.6 Å². The fraction of sp³-hybridized carbons (Fsp3) is 0.188. The van der Waals surface area contributed by atoms with Crippen LogP contribution in [0.5, 0.6) is 5.75 Å². The minimum atomic E-state index is -0.118. The summed E-state index contributed by atoms with van der Waals surface area (Å²) in [5, 5.41) is 15.8. The minimum Gasteiger partial charge on any atom is -0.507 e. The molecule has 0 aliphatic carbocycles. The van der Waals surface area contributed by atoms with E-state index in [0.29, 0.717) is 17.9 Å². The largest absolute Gasteiger partial charge is 0.507 e. The van der Waals surface area contributed by atoms with Crippen LogP contribution in [0.1, 0.15) is 21.5 Å². The van der Waals surface area contributed by atoms with Crippen molar-refractivity contribution in [3.05, 3.63) is 59.2 Å². The van der Waals surface area contributed by atoms with Crippen molar-refractivity contribution in [2.45, 2.75) is 13.5 Å². The van der Waals surface area contributed by atoms with Gasteiger partial charge < -0.3 is 15.7 Å². The summed E-state index contributed by atoms with van der Waals surface area (Å²) in [5.41, 5.74) is 3.12. The lowest BCUT2D eigenvalue weighted by Gasteiger charge is -2.10. The normalized spacial score (nSPS) is 10.1. The molecule has 0 spiro atoms. The minimum absolute atomic E-state index is 0.118. The standard InChI is InChI=1S/C16H18N2O2/c1-11-5-3-7-13(15(11)19)10-18-14-8-4-6-12(9-14)16(20)17-2/h3-9,18-19H,10H2,1-2H3,(H,17,20). The van der Waals surface area contributed by atoms with Crippen molar-refractivity contribution in [3.8, 4) is 5.75 Å². The van der Waals surface area contributed by atoms with Crippen LogP contribution in [0.3, 0.4) is 0 Å². The number of para-hydroxylation sites is 1. The highest BCUT2D eigenvalue weighted by Crippen LogP contribution is 2.22. The molecule has 0 fully saturated rings. The van der Waals surface area contributed by atoms with Gasteiger partial charge in [-0.25, -0.2) is 0 Å². The third-order valence-corrected chi connectivity index (χ3v) is 3.16. The molecular formula is C16H18N2O2. The molecule has 0 saturated heterocycles. The van der Waals surface area contributed by atoms with Gasteiger partial charge in [0, 0.05) is 30.4 Å². The van der Waals surface area contributed by atoms with Crippen LogP contribution >= 0.6 is 0 Å². The number of nitrogens with one attached hydrogen (secondary N) is 2. The van der Waals surface area contributed by atoms with Gasteiger partial charge in [-0.05, 0) is 30.7 Å². The molecule has 0 atom stereocenters. The number of aromatic hydroxyl groups is 1. The van der Waals surface area contributed by atoms with Crippen LogP contribution < -0.4 is 10.6 Å². The van der Waals surface area contributed by atoms with Crippen LogP contribution in [-0.4, -0.2) is 18.1 Å².